The van der Waals surface area contributed by atoms with Gasteiger partial charge in [-0.1, -0.05) is 6.92 Å². The lowest BCUT2D eigenvalue weighted by molar-refractivity contribution is 0.0949. The van der Waals surface area contributed by atoms with Gasteiger partial charge in [0.15, 0.2) is 0 Å². The largest absolute Gasteiger partial charge is 0.350 e. The maximum atomic E-state index is 11.8. The van der Waals surface area contributed by atoms with Crippen molar-refractivity contribution in [2.45, 2.75) is 26.8 Å². The quantitative estimate of drug-likeness (QED) is 0.744. The van der Waals surface area contributed by atoms with E-state index in [4.69, 9.17) is 0 Å². The fourth-order valence-corrected chi connectivity index (χ4v) is 1.58. The number of H-pyrrole nitrogens is 1. The van der Waals surface area contributed by atoms with Crippen molar-refractivity contribution in [2.75, 3.05) is 13.1 Å². The van der Waals surface area contributed by atoms with E-state index in [1.54, 1.807) is 6.92 Å². The zero-order valence-corrected chi connectivity index (χ0v) is 11.7. The molecule has 0 aliphatic carbocycles. The molecular weight excluding hydrogens is 254 g/mol. The number of hydrogen-bond acceptors (Lipinski definition) is 3. The van der Waals surface area contributed by atoms with Crippen LogP contribution in [0.2, 0.25) is 0 Å². The van der Waals surface area contributed by atoms with Crippen LogP contribution in [0.15, 0.2) is 17.1 Å². The molecule has 0 fully saturated rings. The Morgan fingerprint density at radius 1 is 1.50 bits per heavy atom. The van der Waals surface area contributed by atoms with Crippen molar-refractivity contribution < 1.29 is 4.79 Å². The van der Waals surface area contributed by atoms with Crippen molar-refractivity contribution in [3.8, 4) is 0 Å². The lowest BCUT2D eigenvalue weighted by atomic mass is 10.1. The molecule has 1 heterocycles. The highest BCUT2D eigenvalue weighted by Crippen LogP contribution is 2.02. The first-order valence-corrected chi connectivity index (χ1v) is 5.75. The minimum atomic E-state index is -0.194. The van der Waals surface area contributed by atoms with Gasteiger partial charge in [0.05, 0.1) is 5.56 Å². The zero-order valence-electron chi connectivity index (χ0n) is 10.9. The summed E-state index contributed by atoms with van der Waals surface area (Å²) in [7, 11) is 0. The normalized spacial score (nSPS) is 11.5. The van der Waals surface area contributed by atoms with Gasteiger partial charge in [-0.05, 0) is 26.0 Å². The Morgan fingerprint density at radius 2 is 2.17 bits per heavy atom. The summed E-state index contributed by atoms with van der Waals surface area (Å²) in [6.07, 6.45) is 1.45. The summed E-state index contributed by atoms with van der Waals surface area (Å²) in [5.41, 5.74) is 0.996. The highest BCUT2D eigenvalue weighted by atomic mass is 35.5. The van der Waals surface area contributed by atoms with Gasteiger partial charge in [0, 0.05) is 24.8 Å². The van der Waals surface area contributed by atoms with E-state index in [9.17, 15) is 9.59 Å². The maximum absolute atomic E-state index is 11.8. The van der Waals surface area contributed by atoms with E-state index in [-0.39, 0.29) is 29.9 Å². The predicted molar refractivity (Wildman–Crippen MR) is 74.5 cm³/mol. The molecule has 1 aromatic rings. The number of hydrogen-bond donors (Lipinski definition) is 3. The summed E-state index contributed by atoms with van der Waals surface area (Å²) >= 11 is 0. The van der Waals surface area contributed by atoms with Crippen LogP contribution in [0.1, 0.15) is 29.8 Å². The van der Waals surface area contributed by atoms with E-state index in [2.05, 4.69) is 15.6 Å². The second kappa shape index (κ2) is 7.89. The molecule has 0 aliphatic rings. The number of likely N-dealkylation sites (N-methyl/N-ethyl adjacent to an activating group) is 1. The molecule has 0 spiro atoms. The van der Waals surface area contributed by atoms with E-state index in [1.165, 1.54) is 12.3 Å². The first kappa shape index (κ1) is 16.7. The van der Waals surface area contributed by atoms with Crippen molar-refractivity contribution in [3.63, 3.8) is 0 Å². The number of carbonyl (C=O) groups is 1. The number of aromatic nitrogens is 1. The van der Waals surface area contributed by atoms with Gasteiger partial charge >= 0.3 is 0 Å². The molecule has 102 valence electrons. The van der Waals surface area contributed by atoms with Crippen LogP contribution in [-0.2, 0) is 0 Å². The molecule has 0 unspecified atom stereocenters. The van der Waals surface area contributed by atoms with Crippen molar-refractivity contribution in [3.05, 3.63) is 33.7 Å². The molecule has 0 radical (unpaired) electrons. The van der Waals surface area contributed by atoms with Gasteiger partial charge < -0.3 is 15.6 Å². The summed E-state index contributed by atoms with van der Waals surface area (Å²) in [6.45, 7) is 7.20. The molecule has 0 saturated heterocycles. The fraction of sp³-hybridized carbons (Fsp3) is 0.500. The van der Waals surface area contributed by atoms with E-state index < -0.39 is 0 Å². The number of halogens is 1. The summed E-state index contributed by atoms with van der Waals surface area (Å²) in [5.74, 6) is -0.163. The Kier molecular flexibility index (Phi) is 7.31. The van der Waals surface area contributed by atoms with Gasteiger partial charge in [-0.2, -0.15) is 0 Å². The highest BCUT2D eigenvalue weighted by molar-refractivity contribution is 5.95. The predicted octanol–water partition coefficient (Wildman–Crippen LogP) is 0.833. The second-order valence-corrected chi connectivity index (χ2v) is 4.06. The SMILES string of the molecule is CCN[C@H](C)CNC(=O)c1c[nH]c(=O)cc1C.Cl. The number of aryl methyl sites for hydroxylation is 1. The van der Waals surface area contributed by atoms with Crippen LogP contribution in [0.5, 0.6) is 0 Å². The molecule has 1 aromatic heterocycles. The molecule has 6 heteroatoms. The van der Waals surface area contributed by atoms with Gasteiger partial charge in [-0.3, -0.25) is 9.59 Å². The Labute approximate surface area is 113 Å². The first-order chi connectivity index (χ1) is 8.04. The van der Waals surface area contributed by atoms with Gasteiger partial charge in [0.2, 0.25) is 5.56 Å². The van der Waals surface area contributed by atoms with Crippen LogP contribution in [-0.4, -0.2) is 30.0 Å². The Bertz CT molecular complexity index is 445. The first-order valence-electron chi connectivity index (χ1n) is 5.75. The molecule has 1 rings (SSSR count). The third kappa shape index (κ3) is 4.89. The van der Waals surface area contributed by atoms with Crippen LogP contribution < -0.4 is 16.2 Å². The van der Waals surface area contributed by atoms with Crippen LogP contribution in [0.4, 0.5) is 0 Å². The molecule has 0 aromatic carbocycles. The number of pyridine rings is 1. The van der Waals surface area contributed by atoms with Crippen molar-refractivity contribution in [2.24, 2.45) is 0 Å². The summed E-state index contributed by atoms with van der Waals surface area (Å²) in [4.78, 5) is 25.3. The number of aromatic amines is 1. The standard InChI is InChI=1S/C12H19N3O2.ClH/c1-4-13-9(3)6-15-12(17)10-7-14-11(16)5-8(10)2;/h5,7,9,13H,4,6H2,1-3H3,(H,14,16)(H,15,17);1H/t9-;/m1./s1. The topological polar surface area (TPSA) is 74.0 Å². The van der Waals surface area contributed by atoms with E-state index in [0.717, 1.165) is 6.54 Å². The van der Waals surface area contributed by atoms with Crippen molar-refractivity contribution in [1.29, 1.82) is 0 Å². The molecule has 3 N–H and O–H groups in total. The van der Waals surface area contributed by atoms with Crippen molar-refractivity contribution in [1.82, 2.24) is 15.6 Å². The Balaban J connectivity index is 0.00000289. The smallest absolute Gasteiger partial charge is 0.253 e. The van der Waals surface area contributed by atoms with Crippen molar-refractivity contribution >= 4 is 18.3 Å². The average Bonchev–Trinajstić information content (AvgIpc) is 2.26. The number of amides is 1. The molecule has 5 nitrogen and oxygen atoms in total. The van der Waals surface area contributed by atoms with Gasteiger partial charge in [-0.25, -0.2) is 0 Å². The van der Waals surface area contributed by atoms with Crippen LogP contribution in [0, 0.1) is 6.92 Å². The number of carbonyl (C=O) groups excluding carboxylic acids is 1. The average molecular weight is 274 g/mol. The van der Waals surface area contributed by atoms with Gasteiger partial charge in [0.25, 0.3) is 5.91 Å². The minimum absolute atomic E-state index is 0. The van der Waals surface area contributed by atoms with Crippen LogP contribution in [0.25, 0.3) is 0 Å². The third-order valence-electron chi connectivity index (χ3n) is 2.50. The van der Waals surface area contributed by atoms with Crippen LogP contribution >= 0.6 is 12.4 Å². The highest BCUT2D eigenvalue weighted by Gasteiger charge is 2.10. The number of rotatable bonds is 5. The monoisotopic (exact) mass is 273 g/mol. The second-order valence-electron chi connectivity index (χ2n) is 4.06. The molecule has 0 bridgehead atoms. The molecule has 1 atom stereocenters. The third-order valence-corrected chi connectivity index (χ3v) is 2.50. The molecule has 1 amide bonds. The van der Waals surface area contributed by atoms with E-state index >= 15 is 0 Å². The van der Waals surface area contributed by atoms with E-state index in [1.807, 2.05) is 13.8 Å². The lowest BCUT2D eigenvalue weighted by Gasteiger charge is -2.13. The molecule has 0 aliphatic heterocycles. The van der Waals surface area contributed by atoms with E-state index in [0.29, 0.717) is 17.7 Å². The number of nitrogens with one attached hydrogen (secondary N) is 3. The molecule has 18 heavy (non-hydrogen) atoms. The summed E-state index contributed by atoms with van der Waals surface area (Å²) < 4.78 is 0. The zero-order chi connectivity index (χ0) is 12.8. The Hall–Kier alpha value is -1.33. The Morgan fingerprint density at radius 3 is 2.72 bits per heavy atom. The maximum Gasteiger partial charge on any atom is 0.253 e. The minimum Gasteiger partial charge on any atom is -0.350 e. The lowest BCUT2D eigenvalue weighted by Crippen LogP contribution is -2.39. The van der Waals surface area contributed by atoms with Gasteiger partial charge in [0.1, 0.15) is 0 Å². The van der Waals surface area contributed by atoms with Crippen LogP contribution in [0.3, 0.4) is 0 Å². The molecule has 0 saturated carbocycles. The summed E-state index contributed by atoms with van der Waals surface area (Å²) in [6, 6.07) is 1.65. The fourth-order valence-electron chi connectivity index (χ4n) is 1.58. The van der Waals surface area contributed by atoms with Gasteiger partial charge in [-0.15, -0.1) is 12.4 Å². The molecular formula is C12H20ClN3O2. The summed E-state index contributed by atoms with van der Waals surface area (Å²) in [5, 5.41) is 6.02.